The van der Waals surface area contributed by atoms with Gasteiger partial charge in [0.2, 0.25) is 0 Å². The predicted octanol–water partition coefficient (Wildman–Crippen LogP) is 4.85. The number of rotatable bonds is 5. The summed E-state index contributed by atoms with van der Waals surface area (Å²) in [6.45, 7) is 7.05. The van der Waals surface area contributed by atoms with Gasteiger partial charge in [0.25, 0.3) is 0 Å². The maximum Gasteiger partial charge on any atom is 0.137 e. The van der Waals surface area contributed by atoms with E-state index in [-0.39, 0.29) is 0 Å². The predicted molar refractivity (Wildman–Crippen MR) is 98.6 cm³/mol. The molecule has 0 saturated heterocycles. The Labute approximate surface area is 148 Å². The van der Waals surface area contributed by atoms with E-state index < -0.39 is 0 Å². The summed E-state index contributed by atoms with van der Waals surface area (Å²) < 4.78 is 11.5. The van der Waals surface area contributed by atoms with Gasteiger partial charge in [0.05, 0.1) is 12.2 Å². The summed E-state index contributed by atoms with van der Waals surface area (Å²) in [5.41, 5.74) is 4.48. The minimum atomic E-state index is 0.514. The fourth-order valence-electron chi connectivity index (χ4n) is 4.10. The van der Waals surface area contributed by atoms with Gasteiger partial charge in [0.15, 0.2) is 0 Å². The van der Waals surface area contributed by atoms with Gasteiger partial charge in [-0.05, 0) is 57.2 Å². The Morgan fingerprint density at radius 1 is 1.16 bits per heavy atom. The third kappa shape index (κ3) is 3.36. The summed E-state index contributed by atoms with van der Waals surface area (Å²) in [5, 5.41) is 8.98. The van der Waals surface area contributed by atoms with Crippen LogP contribution in [0.3, 0.4) is 0 Å². The van der Waals surface area contributed by atoms with Crippen LogP contribution < -0.4 is 5.32 Å². The van der Waals surface area contributed by atoms with Crippen molar-refractivity contribution >= 4 is 11.0 Å². The molecular weight excluding hydrogens is 312 g/mol. The first-order valence-electron chi connectivity index (χ1n) is 9.24. The highest BCUT2D eigenvalue weighted by atomic mass is 16.5. The standard InChI is InChI=1S/C21H26N2O2/c1-13-7-8-20-18(9-13)15(3)21(24-20)12-22-19-6-4-5-16(19)11-17-10-14(2)23-25-17/h7-10,16,19,22H,4-6,11-12H2,1-3H3/t16-,19+/m0/s1. The molecule has 1 aromatic carbocycles. The van der Waals surface area contributed by atoms with Crippen LogP contribution in [0.25, 0.3) is 11.0 Å². The molecule has 0 spiro atoms. The monoisotopic (exact) mass is 338 g/mol. The molecule has 0 radical (unpaired) electrons. The van der Waals surface area contributed by atoms with E-state index >= 15 is 0 Å². The van der Waals surface area contributed by atoms with Crippen LogP contribution in [0.4, 0.5) is 0 Å². The smallest absolute Gasteiger partial charge is 0.137 e. The molecule has 132 valence electrons. The van der Waals surface area contributed by atoms with Crippen LogP contribution in [0.15, 0.2) is 33.2 Å². The lowest BCUT2D eigenvalue weighted by molar-refractivity contribution is 0.325. The molecule has 0 bridgehead atoms. The van der Waals surface area contributed by atoms with Crippen molar-refractivity contribution in [3.8, 4) is 0 Å². The highest BCUT2D eigenvalue weighted by molar-refractivity contribution is 5.82. The molecule has 25 heavy (non-hydrogen) atoms. The van der Waals surface area contributed by atoms with E-state index in [0.717, 1.165) is 35.8 Å². The Morgan fingerprint density at radius 3 is 2.84 bits per heavy atom. The summed E-state index contributed by atoms with van der Waals surface area (Å²) in [6, 6.07) is 8.96. The van der Waals surface area contributed by atoms with Crippen LogP contribution in [-0.4, -0.2) is 11.2 Å². The lowest BCUT2D eigenvalue weighted by atomic mass is 9.97. The van der Waals surface area contributed by atoms with Crippen LogP contribution >= 0.6 is 0 Å². The summed E-state index contributed by atoms with van der Waals surface area (Å²) in [5.74, 6) is 2.67. The largest absolute Gasteiger partial charge is 0.459 e. The first kappa shape index (κ1) is 16.4. The highest BCUT2D eigenvalue weighted by Gasteiger charge is 2.28. The number of nitrogens with zero attached hydrogens (tertiary/aromatic N) is 1. The molecule has 4 rings (SSSR count). The van der Waals surface area contributed by atoms with Crippen molar-refractivity contribution in [2.24, 2.45) is 5.92 Å². The molecule has 0 unspecified atom stereocenters. The van der Waals surface area contributed by atoms with Gasteiger partial charge >= 0.3 is 0 Å². The Hall–Kier alpha value is -2.07. The zero-order valence-corrected chi connectivity index (χ0v) is 15.3. The van der Waals surface area contributed by atoms with Crippen molar-refractivity contribution in [3.63, 3.8) is 0 Å². The van der Waals surface area contributed by atoms with Crippen molar-refractivity contribution in [1.82, 2.24) is 10.5 Å². The van der Waals surface area contributed by atoms with Gasteiger partial charge in [-0.3, -0.25) is 0 Å². The van der Waals surface area contributed by atoms with Gasteiger partial charge < -0.3 is 14.3 Å². The van der Waals surface area contributed by atoms with E-state index in [1.165, 1.54) is 35.8 Å². The molecule has 0 aliphatic heterocycles. The minimum Gasteiger partial charge on any atom is -0.459 e. The third-order valence-electron chi connectivity index (χ3n) is 5.51. The molecule has 1 fully saturated rings. The summed E-state index contributed by atoms with van der Waals surface area (Å²) >= 11 is 0. The lowest BCUT2D eigenvalue weighted by Gasteiger charge is -2.19. The number of nitrogens with one attached hydrogen (secondary N) is 1. The van der Waals surface area contributed by atoms with E-state index in [1.807, 2.05) is 6.92 Å². The van der Waals surface area contributed by atoms with Crippen LogP contribution in [0.1, 0.15) is 47.6 Å². The average Bonchev–Trinajstić information content (AvgIpc) is 3.28. The van der Waals surface area contributed by atoms with E-state index in [2.05, 4.69) is 48.6 Å². The van der Waals surface area contributed by atoms with E-state index in [0.29, 0.717) is 12.0 Å². The van der Waals surface area contributed by atoms with Gasteiger partial charge in [0.1, 0.15) is 17.1 Å². The topological polar surface area (TPSA) is 51.2 Å². The van der Waals surface area contributed by atoms with Gasteiger partial charge in [-0.15, -0.1) is 0 Å². The van der Waals surface area contributed by atoms with Crippen LogP contribution in [0, 0.1) is 26.7 Å². The van der Waals surface area contributed by atoms with Gasteiger partial charge in [-0.2, -0.15) is 0 Å². The molecule has 1 aliphatic carbocycles. The Balaban J connectivity index is 1.44. The van der Waals surface area contributed by atoms with Crippen molar-refractivity contribution in [3.05, 3.63) is 52.6 Å². The van der Waals surface area contributed by atoms with Gasteiger partial charge in [-0.25, -0.2) is 0 Å². The number of hydrogen-bond donors (Lipinski definition) is 1. The van der Waals surface area contributed by atoms with E-state index in [1.54, 1.807) is 0 Å². The minimum absolute atomic E-state index is 0.514. The van der Waals surface area contributed by atoms with Crippen molar-refractivity contribution in [2.45, 2.75) is 59.0 Å². The molecule has 1 aliphatic rings. The number of fused-ring (bicyclic) bond motifs is 1. The van der Waals surface area contributed by atoms with Crippen molar-refractivity contribution in [1.29, 1.82) is 0 Å². The maximum atomic E-state index is 6.08. The van der Waals surface area contributed by atoms with E-state index in [9.17, 15) is 0 Å². The molecule has 3 aromatic rings. The maximum absolute atomic E-state index is 6.08. The van der Waals surface area contributed by atoms with Crippen LogP contribution in [0.2, 0.25) is 0 Å². The molecule has 2 atom stereocenters. The van der Waals surface area contributed by atoms with E-state index in [4.69, 9.17) is 8.94 Å². The van der Waals surface area contributed by atoms with Crippen molar-refractivity contribution < 1.29 is 8.94 Å². The molecule has 2 heterocycles. The number of aryl methyl sites for hydroxylation is 3. The highest BCUT2D eigenvalue weighted by Crippen LogP contribution is 2.31. The Morgan fingerprint density at radius 2 is 2.04 bits per heavy atom. The van der Waals surface area contributed by atoms with Crippen LogP contribution in [0.5, 0.6) is 0 Å². The molecule has 1 N–H and O–H groups in total. The number of furan rings is 1. The number of benzene rings is 1. The second-order valence-electron chi connectivity index (χ2n) is 7.47. The fourth-order valence-corrected chi connectivity index (χ4v) is 4.10. The van der Waals surface area contributed by atoms with Crippen LogP contribution in [-0.2, 0) is 13.0 Å². The van der Waals surface area contributed by atoms with Gasteiger partial charge in [0, 0.05) is 23.9 Å². The fraction of sp³-hybridized carbons (Fsp3) is 0.476. The van der Waals surface area contributed by atoms with Crippen molar-refractivity contribution in [2.75, 3.05) is 0 Å². The summed E-state index contributed by atoms with van der Waals surface area (Å²) in [4.78, 5) is 0. The molecule has 4 heteroatoms. The summed E-state index contributed by atoms with van der Waals surface area (Å²) in [6.07, 6.45) is 4.70. The Kier molecular flexibility index (Phi) is 4.38. The van der Waals surface area contributed by atoms with Gasteiger partial charge in [-0.1, -0.05) is 23.2 Å². The molecule has 2 aromatic heterocycles. The number of hydrogen-bond acceptors (Lipinski definition) is 4. The second-order valence-corrected chi connectivity index (χ2v) is 7.47. The summed E-state index contributed by atoms with van der Waals surface area (Å²) in [7, 11) is 0. The molecule has 4 nitrogen and oxygen atoms in total. The average molecular weight is 338 g/mol. The first-order chi connectivity index (χ1) is 12.1. The Bertz CT molecular complexity index is 877. The zero-order valence-electron chi connectivity index (χ0n) is 15.3. The normalized spacial score (nSPS) is 20.6. The zero-order chi connectivity index (χ0) is 17.4. The quantitative estimate of drug-likeness (QED) is 0.723. The molecule has 1 saturated carbocycles. The SMILES string of the molecule is Cc1ccc2oc(CN[C@@H]3CCC[C@H]3Cc3cc(C)no3)c(C)c2c1. The second kappa shape index (κ2) is 6.68. The number of aromatic nitrogens is 1. The first-order valence-corrected chi connectivity index (χ1v) is 9.24. The molecule has 0 amide bonds. The lowest BCUT2D eigenvalue weighted by Crippen LogP contribution is -2.32. The molecular formula is C21H26N2O2. The third-order valence-corrected chi connectivity index (χ3v) is 5.51.